The zero-order valence-corrected chi connectivity index (χ0v) is 18.1. The summed E-state index contributed by atoms with van der Waals surface area (Å²) in [5.41, 5.74) is 0.606. The van der Waals surface area contributed by atoms with Crippen LogP contribution >= 0.6 is 0 Å². The molecule has 164 valence electrons. The fourth-order valence-corrected chi connectivity index (χ4v) is 4.19. The number of carbonyl (C=O) groups excluding carboxylic acids is 1. The summed E-state index contributed by atoms with van der Waals surface area (Å²) in [4.78, 5) is 17.1. The minimum absolute atomic E-state index is 0.00661. The Morgan fingerprint density at radius 1 is 1.13 bits per heavy atom. The fourth-order valence-electron chi connectivity index (χ4n) is 2.98. The fraction of sp³-hybridized carbons (Fsp3) is 0.238. The smallest absolute Gasteiger partial charge is 0.241 e. The highest BCUT2D eigenvalue weighted by molar-refractivity contribution is 7.89. The van der Waals surface area contributed by atoms with Gasteiger partial charge in [-0.3, -0.25) is 4.79 Å². The molecule has 3 rings (SSSR count). The summed E-state index contributed by atoms with van der Waals surface area (Å²) in [6, 6.07) is 9.71. The monoisotopic (exact) mass is 446 g/mol. The number of hydrogen-bond acceptors (Lipinski definition) is 5. The second kappa shape index (κ2) is 9.27. The molecule has 0 saturated carbocycles. The van der Waals surface area contributed by atoms with Gasteiger partial charge in [-0.25, -0.2) is 17.8 Å². The normalized spacial score (nSPS) is 13.4. The molecular formula is C21H23FN4O4S. The van der Waals surface area contributed by atoms with Gasteiger partial charge in [0, 0.05) is 19.4 Å². The van der Waals surface area contributed by atoms with Crippen LogP contribution in [0.2, 0.25) is 0 Å². The van der Waals surface area contributed by atoms with Gasteiger partial charge in [0.05, 0.1) is 18.0 Å². The van der Waals surface area contributed by atoms with Gasteiger partial charge >= 0.3 is 0 Å². The Morgan fingerprint density at radius 3 is 2.32 bits per heavy atom. The van der Waals surface area contributed by atoms with Crippen LogP contribution in [0.1, 0.15) is 24.4 Å². The van der Waals surface area contributed by atoms with Gasteiger partial charge in [-0.15, -0.1) is 0 Å². The largest absolute Gasteiger partial charge is 0.497 e. The SMILES string of the molecule is COc1ccc(S(=O)(=O)N[C@@H](C)C(=O)NC(c2ccc(F)cc2)c2nccn2C)cc1. The lowest BCUT2D eigenvalue weighted by Crippen LogP contribution is -2.46. The van der Waals surface area contributed by atoms with Crippen molar-refractivity contribution < 1.29 is 22.3 Å². The van der Waals surface area contributed by atoms with Crippen molar-refractivity contribution in [2.45, 2.75) is 23.9 Å². The Labute approximate surface area is 180 Å². The molecule has 0 aliphatic rings. The van der Waals surface area contributed by atoms with E-state index in [0.717, 1.165) is 0 Å². The molecule has 0 bridgehead atoms. The maximum absolute atomic E-state index is 13.4. The van der Waals surface area contributed by atoms with E-state index in [1.165, 1.54) is 50.4 Å². The van der Waals surface area contributed by atoms with Crippen molar-refractivity contribution in [3.8, 4) is 5.75 Å². The Kier molecular flexibility index (Phi) is 6.71. The van der Waals surface area contributed by atoms with E-state index in [1.54, 1.807) is 36.1 Å². The topological polar surface area (TPSA) is 102 Å². The number of nitrogens with one attached hydrogen (secondary N) is 2. The van der Waals surface area contributed by atoms with Crippen molar-refractivity contribution in [2.75, 3.05) is 7.11 Å². The Hall–Kier alpha value is -3.24. The molecule has 0 spiro atoms. The number of hydrogen-bond donors (Lipinski definition) is 2. The summed E-state index contributed by atoms with van der Waals surface area (Å²) in [6.07, 6.45) is 3.29. The van der Waals surface area contributed by atoms with Crippen LogP contribution in [0.4, 0.5) is 4.39 Å². The first-order chi connectivity index (χ1) is 14.7. The number of imidazole rings is 1. The lowest BCUT2D eigenvalue weighted by molar-refractivity contribution is -0.122. The molecule has 0 fully saturated rings. The molecule has 0 aliphatic carbocycles. The standard InChI is InChI=1S/C21H23FN4O4S/c1-14(25-31(28,29)18-10-8-17(30-3)9-11-18)21(27)24-19(20-23-12-13-26(20)2)15-4-6-16(22)7-5-15/h4-14,19,25H,1-3H3,(H,24,27)/t14-,19?/m0/s1. The summed E-state index contributed by atoms with van der Waals surface area (Å²) in [6.45, 7) is 1.44. The molecule has 0 radical (unpaired) electrons. The summed E-state index contributed by atoms with van der Waals surface area (Å²) in [5.74, 6) is 0.0656. The maximum Gasteiger partial charge on any atom is 0.241 e. The van der Waals surface area contributed by atoms with Crippen molar-refractivity contribution in [3.05, 3.63) is 78.1 Å². The van der Waals surface area contributed by atoms with E-state index in [4.69, 9.17) is 4.74 Å². The van der Waals surface area contributed by atoms with E-state index >= 15 is 0 Å². The van der Waals surface area contributed by atoms with Crippen molar-refractivity contribution in [1.29, 1.82) is 0 Å². The zero-order valence-electron chi connectivity index (χ0n) is 17.2. The maximum atomic E-state index is 13.4. The number of halogens is 1. The first-order valence-electron chi connectivity index (χ1n) is 9.40. The molecule has 1 unspecified atom stereocenters. The van der Waals surface area contributed by atoms with Crippen molar-refractivity contribution in [3.63, 3.8) is 0 Å². The number of sulfonamides is 1. The van der Waals surface area contributed by atoms with E-state index in [1.807, 2.05) is 0 Å². The third-order valence-electron chi connectivity index (χ3n) is 4.70. The number of rotatable bonds is 8. The molecule has 2 aromatic carbocycles. The Balaban J connectivity index is 1.79. The van der Waals surface area contributed by atoms with E-state index < -0.39 is 33.8 Å². The third kappa shape index (κ3) is 5.28. The molecule has 10 heteroatoms. The van der Waals surface area contributed by atoms with E-state index in [2.05, 4.69) is 15.0 Å². The van der Waals surface area contributed by atoms with Gasteiger partial charge in [0.15, 0.2) is 0 Å². The minimum atomic E-state index is -3.93. The van der Waals surface area contributed by atoms with Crippen LogP contribution < -0.4 is 14.8 Å². The van der Waals surface area contributed by atoms with Crippen LogP contribution in [-0.2, 0) is 21.9 Å². The van der Waals surface area contributed by atoms with E-state index in [9.17, 15) is 17.6 Å². The van der Waals surface area contributed by atoms with E-state index in [-0.39, 0.29) is 4.90 Å². The number of aromatic nitrogens is 2. The molecule has 1 aromatic heterocycles. The predicted octanol–water partition coefficient (Wildman–Crippen LogP) is 2.14. The van der Waals surface area contributed by atoms with Gasteiger partial charge < -0.3 is 14.6 Å². The van der Waals surface area contributed by atoms with Crippen LogP contribution in [0, 0.1) is 5.82 Å². The van der Waals surface area contributed by atoms with Crippen LogP contribution in [0.5, 0.6) is 5.75 Å². The second-order valence-electron chi connectivity index (χ2n) is 6.91. The van der Waals surface area contributed by atoms with Crippen LogP contribution in [0.15, 0.2) is 65.8 Å². The number of carbonyl (C=O) groups is 1. The molecular weight excluding hydrogens is 423 g/mol. The highest BCUT2D eigenvalue weighted by Gasteiger charge is 2.26. The van der Waals surface area contributed by atoms with Gasteiger partial charge in [0.25, 0.3) is 0 Å². The van der Waals surface area contributed by atoms with Crippen molar-refractivity contribution in [2.24, 2.45) is 7.05 Å². The number of methoxy groups -OCH3 is 1. The number of aryl methyl sites for hydroxylation is 1. The van der Waals surface area contributed by atoms with Crippen LogP contribution in [0.3, 0.4) is 0 Å². The molecule has 1 amide bonds. The van der Waals surface area contributed by atoms with Crippen molar-refractivity contribution >= 4 is 15.9 Å². The van der Waals surface area contributed by atoms with Gasteiger partial charge in [0.1, 0.15) is 23.4 Å². The highest BCUT2D eigenvalue weighted by Crippen LogP contribution is 2.21. The van der Waals surface area contributed by atoms with Gasteiger partial charge in [-0.2, -0.15) is 4.72 Å². The van der Waals surface area contributed by atoms with Gasteiger partial charge in [0.2, 0.25) is 15.9 Å². The number of benzene rings is 2. The molecule has 0 saturated heterocycles. The highest BCUT2D eigenvalue weighted by atomic mass is 32.2. The molecule has 2 atom stereocenters. The number of ether oxygens (including phenoxy) is 1. The van der Waals surface area contributed by atoms with Gasteiger partial charge in [-0.05, 0) is 48.9 Å². The lowest BCUT2D eigenvalue weighted by Gasteiger charge is -2.22. The number of nitrogens with zero attached hydrogens (tertiary/aromatic N) is 2. The molecule has 1 heterocycles. The lowest BCUT2D eigenvalue weighted by atomic mass is 10.1. The van der Waals surface area contributed by atoms with Crippen LogP contribution in [0.25, 0.3) is 0 Å². The molecule has 2 N–H and O–H groups in total. The van der Waals surface area contributed by atoms with Gasteiger partial charge in [-0.1, -0.05) is 12.1 Å². The summed E-state index contributed by atoms with van der Waals surface area (Å²) >= 11 is 0. The average molecular weight is 447 g/mol. The number of amides is 1. The van der Waals surface area contributed by atoms with E-state index in [0.29, 0.717) is 17.1 Å². The average Bonchev–Trinajstić information content (AvgIpc) is 3.18. The first-order valence-corrected chi connectivity index (χ1v) is 10.9. The summed E-state index contributed by atoms with van der Waals surface area (Å²) in [5, 5.41) is 2.80. The second-order valence-corrected chi connectivity index (χ2v) is 8.62. The quantitative estimate of drug-likeness (QED) is 0.552. The van der Waals surface area contributed by atoms with Crippen molar-refractivity contribution in [1.82, 2.24) is 19.6 Å². The minimum Gasteiger partial charge on any atom is -0.497 e. The molecule has 31 heavy (non-hydrogen) atoms. The summed E-state index contributed by atoms with van der Waals surface area (Å²) < 4.78 is 47.7. The molecule has 3 aromatic rings. The third-order valence-corrected chi connectivity index (χ3v) is 6.26. The molecule has 8 nitrogen and oxygen atoms in total. The molecule has 0 aliphatic heterocycles. The Morgan fingerprint density at radius 2 is 1.77 bits per heavy atom. The zero-order chi connectivity index (χ0) is 22.6. The van der Waals surface area contributed by atoms with Crippen LogP contribution in [-0.4, -0.2) is 37.0 Å². The first kappa shape index (κ1) is 22.4. The summed E-state index contributed by atoms with van der Waals surface area (Å²) in [7, 11) is -0.690. The Bertz CT molecular complexity index is 1140. The predicted molar refractivity (Wildman–Crippen MR) is 112 cm³/mol.